The lowest BCUT2D eigenvalue weighted by molar-refractivity contribution is 0.821. The van der Waals surface area contributed by atoms with Gasteiger partial charge in [0.25, 0.3) is 0 Å². The molecule has 0 atom stereocenters. The number of anilines is 2. The van der Waals surface area contributed by atoms with Gasteiger partial charge in [0.1, 0.15) is 5.82 Å². The van der Waals surface area contributed by atoms with Crippen LogP contribution in [0.25, 0.3) is 0 Å². The largest absolute Gasteiger partial charge is 0.368 e. The number of aryl methyl sites for hydroxylation is 1. The number of nitrogens with two attached hydrogens (primary N) is 1. The number of nitrogens with zero attached hydrogens (tertiary/aromatic N) is 3. The van der Waals surface area contributed by atoms with E-state index < -0.39 is 0 Å². The minimum atomic E-state index is 0.275. The first-order chi connectivity index (χ1) is 8.28. The molecule has 2 aromatic rings. The quantitative estimate of drug-likeness (QED) is 0.848. The summed E-state index contributed by atoms with van der Waals surface area (Å²) in [6, 6.07) is 4.08. The molecule has 0 bridgehead atoms. The summed E-state index contributed by atoms with van der Waals surface area (Å²) in [5, 5.41) is 5.20. The average molecular weight is 249 g/mol. The van der Waals surface area contributed by atoms with Crippen LogP contribution in [0.15, 0.2) is 17.5 Å². The van der Waals surface area contributed by atoms with E-state index in [9.17, 15) is 0 Å². The van der Waals surface area contributed by atoms with Gasteiger partial charge in [-0.05, 0) is 17.9 Å². The summed E-state index contributed by atoms with van der Waals surface area (Å²) in [4.78, 5) is 13.7. The van der Waals surface area contributed by atoms with E-state index in [2.05, 4.69) is 33.3 Å². The number of thiophene rings is 1. The third-order valence-corrected chi connectivity index (χ3v) is 3.05. The molecule has 0 aliphatic carbocycles. The monoisotopic (exact) mass is 249 g/mol. The molecule has 0 saturated carbocycles. The number of hydrogen-bond donors (Lipinski definition) is 2. The Balaban J connectivity index is 2.04. The third kappa shape index (κ3) is 3.39. The van der Waals surface area contributed by atoms with E-state index in [0.29, 0.717) is 12.5 Å². The Kier molecular flexibility index (Phi) is 3.87. The molecule has 0 radical (unpaired) electrons. The lowest BCUT2D eigenvalue weighted by atomic mass is 10.3. The Bertz CT molecular complexity index is 469. The Morgan fingerprint density at radius 3 is 2.94 bits per heavy atom. The van der Waals surface area contributed by atoms with Crippen molar-refractivity contribution in [1.29, 1.82) is 0 Å². The summed E-state index contributed by atoms with van der Waals surface area (Å²) < 4.78 is 0. The van der Waals surface area contributed by atoms with Crippen LogP contribution < -0.4 is 11.1 Å². The molecule has 2 rings (SSSR count). The van der Waals surface area contributed by atoms with Crippen molar-refractivity contribution in [2.45, 2.75) is 26.3 Å². The molecule has 0 amide bonds. The van der Waals surface area contributed by atoms with Gasteiger partial charge < -0.3 is 11.1 Å². The number of nitrogen functional groups attached to an aromatic ring is 1. The van der Waals surface area contributed by atoms with Crippen molar-refractivity contribution >= 4 is 23.2 Å². The Morgan fingerprint density at radius 2 is 2.24 bits per heavy atom. The van der Waals surface area contributed by atoms with Crippen LogP contribution in [0.5, 0.6) is 0 Å². The van der Waals surface area contributed by atoms with Crippen molar-refractivity contribution in [3.63, 3.8) is 0 Å². The van der Waals surface area contributed by atoms with Crippen LogP contribution in [-0.2, 0) is 13.0 Å². The van der Waals surface area contributed by atoms with Crippen LogP contribution in [0.2, 0.25) is 0 Å². The summed E-state index contributed by atoms with van der Waals surface area (Å²) >= 11 is 1.70. The van der Waals surface area contributed by atoms with Crippen LogP contribution in [0.4, 0.5) is 11.9 Å². The Labute approximate surface area is 104 Å². The SMILES string of the molecule is CCCc1nc(N)nc(NCc2cccs2)n1. The molecule has 0 unspecified atom stereocenters. The molecule has 2 aromatic heterocycles. The Hall–Kier alpha value is -1.69. The molecule has 0 saturated heterocycles. The first kappa shape index (κ1) is 11.8. The molecule has 2 heterocycles. The van der Waals surface area contributed by atoms with Crippen molar-refractivity contribution in [2.75, 3.05) is 11.1 Å². The molecule has 0 aliphatic rings. The summed E-state index contributed by atoms with van der Waals surface area (Å²) in [5.41, 5.74) is 5.64. The summed E-state index contributed by atoms with van der Waals surface area (Å²) in [6.07, 6.45) is 1.81. The van der Waals surface area contributed by atoms with Crippen LogP contribution in [0, 0.1) is 0 Å². The lowest BCUT2D eigenvalue weighted by Crippen LogP contribution is -2.09. The summed E-state index contributed by atoms with van der Waals surface area (Å²) in [7, 11) is 0. The maximum Gasteiger partial charge on any atom is 0.228 e. The second-order valence-electron chi connectivity index (χ2n) is 3.62. The first-order valence-electron chi connectivity index (χ1n) is 5.54. The highest BCUT2D eigenvalue weighted by Gasteiger charge is 2.03. The lowest BCUT2D eigenvalue weighted by Gasteiger charge is -2.05. The van der Waals surface area contributed by atoms with Gasteiger partial charge in [-0.1, -0.05) is 13.0 Å². The molecule has 6 heteroatoms. The van der Waals surface area contributed by atoms with E-state index in [-0.39, 0.29) is 5.95 Å². The number of aromatic nitrogens is 3. The molecule has 90 valence electrons. The molecular formula is C11H15N5S. The fourth-order valence-electron chi connectivity index (χ4n) is 1.43. The maximum absolute atomic E-state index is 5.64. The van der Waals surface area contributed by atoms with Crippen LogP contribution in [-0.4, -0.2) is 15.0 Å². The van der Waals surface area contributed by atoms with Gasteiger partial charge in [0.05, 0.1) is 6.54 Å². The highest BCUT2D eigenvalue weighted by atomic mass is 32.1. The third-order valence-electron chi connectivity index (χ3n) is 2.17. The zero-order chi connectivity index (χ0) is 12.1. The van der Waals surface area contributed by atoms with Gasteiger partial charge >= 0.3 is 0 Å². The maximum atomic E-state index is 5.64. The zero-order valence-electron chi connectivity index (χ0n) is 9.68. The van der Waals surface area contributed by atoms with Crippen molar-refractivity contribution in [3.05, 3.63) is 28.2 Å². The molecule has 0 aliphatic heterocycles. The highest BCUT2D eigenvalue weighted by Crippen LogP contribution is 2.11. The molecular weight excluding hydrogens is 234 g/mol. The van der Waals surface area contributed by atoms with Gasteiger partial charge in [-0.2, -0.15) is 15.0 Å². The molecule has 0 aromatic carbocycles. The number of hydrogen-bond acceptors (Lipinski definition) is 6. The van der Waals surface area contributed by atoms with Crippen molar-refractivity contribution in [1.82, 2.24) is 15.0 Å². The van der Waals surface area contributed by atoms with E-state index in [1.54, 1.807) is 11.3 Å². The molecule has 5 nitrogen and oxygen atoms in total. The van der Waals surface area contributed by atoms with Gasteiger partial charge in [-0.15, -0.1) is 11.3 Å². The zero-order valence-corrected chi connectivity index (χ0v) is 10.5. The first-order valence-corrected chi connectivity index (χ1v) is 6.42. The van der Waals surface area contributed by atoms with E-state index in [4.69, 9.17) is 5.73 Å². The van der Waals surface area contributed by atoms with Gasteiger partial charge in [0.2, 0.25) is 11.9 Å². The predicted octanol–water partition coefficient (Wildman–Crippen LogP) is 2.08. The number of rotatable bonds is 5. The Morgan fingerprint density at radius 1 is 1.35 bits per heavy atom. The predicted molar refractivity (Wildman–Crippen MR) is 69.9 cm³/mol. The van der Waals surface area contributed by atoms with Crippen LogP contribution >= 0.6 is 11.3 Å². The van der Waals surface area contributed by atoms with E-state index >= 15 is 0 Å². The van der Waals surface area contributed by atoms with Crippen molar-refractivity contribution < 1.29 is 0 Å². The second-order valence-corrected chi connectivity index (χ2v) is 4.65. The smallest absolute Gasteiger partial charge is 0.228 e. The highest BCUT2D eigenvalue weighted by molar-refractivity contribution is 7.09. The summed E-state index contributed by atoms with van der Waals surface area (Å²) in [5.74, 6) is 1.57. The standard InChI is InChI=1S/C11H15N5S/c1-2-4-9-14-10(12)16-11(15-9)13-7-8-5-3-6-17-8/h3,5-6H,2,4,7H2,1H3,(H3,12,13,14,15,16). The van der Waals surface area contributed by atoms with Gasteiger partial charge in [0, 0.05) is 11.3 Å². The van der Waals surface area contributed by atoms with Crippen LogP contribution in [0.1, 0.15) is 24.0 Å². The molecule has 17 heavy (non-hydrogen) atoms. The van der Waals surface area contributed by atoms with Crippen molar-refractivity contribution in [2.24, 2.45) is 0 Å². The average Bonchev–Trinajstić information content (AvgIpc) is 2.79. The molecule has 0 fully saturated rings. The van der Waals surface area contributed by atoms with E-state index in [1.165, 1.54) is 4.88 Å². The van der Waals surface area contributed by atoms with E-state index in [0.717, 1.165) is 18.7 Å². The minimum absolute atomic E-state index is 0.275. The van der Waals surface area contributed by atoms with Gasteiger partial charge in [-0.25, -0.2) is 0 Å². The topological polar surface area (TPSA) is 76.7 Å². The fourth-order valence-corrected chi connectivity index (χ4v) is 2.08. The van der Waals surface area contributed by atoms with Gasteiger partial charge in [-0.3, -0.25) is 0 Å². The normalized spacial score (nSPS) is 10.4. The fraction of sp³-hybridized carbons (Fsp3) is 0.364. The minimum Gasteiger partial charge on any atom is -0.368 e. The summed E-state index contributed by atoms with van der Waals surface area (Å²) in [6.45, 7) is 2.80. The second kappa shape index (κ2) is 5.58. The van der Waals surface area contributed by atoms with Crippen LogP contribution in [0.3, 0.4) is 0 Å². The van der Waals surface area contributed by atoms with Gasteiger partial charge in [0.15, 0.2) is 0 Å². The van der Waals surface area contributed by atoms with Crippen molar-refractivity contribution in [3.8, 4) is 0 Å². The molecule has 3 N–H and O–H groups in total. The number of nitrogens with one attached hydrogen (secondary N) is 1. The van der Waals surface area contributed by atoms with E-state index in [1.807, 2.05) is 11.4 Å². The molecule has 0 spiro atoms.